The molecule has 3 rings (SSSR count). The molecule has 1 nitrogen and oxygen atoms in total. The summed E-state index contributed by atoms with van der Waals surface area (Å²) in [6.07, 6.45) is 2.15. The minimum Gasteiger partial charge on any atom is -0.364 e. The van der Waals surface area contributed by atoms with Gasteiger partial charge in [0.1, 0.15) is 0 Å². The Labute approximate surface area is 134 Å². The zero-order chi connectivity index (χ0) is 15.5. The Bertz CT molecular complexity index is 642. The number of hydrogen-bond donors (Lipinski definition) is 0. The van der Waals surface area contributed by atoms with Crippen molar-refractivity contribution in [3.8, 4) is 0 Å². The summed E-state index contributed by atoms with van der Waals surface area (Å²) in [5.74, 6) is 0.534. The molecule has 0 fully saturated rings. The van der Waals surface area contributed by atoms with Gasteiger partial charge in [0, 0.05) is 12.2 Å². The van der Waals surface area contributed by atoms with Gasteiger partial charge in [0.05, 0.1) is 6.04 Å². The number of rotatable bonds is 4. The van der Waals surface area contributed by atoms with Gasteiger partial charge in [-0.1, -0.05) is 68.5 Å². The number of anilines is 1. The lowest BCUT2D eigenvalue weighted by atomic mass is 9.86. The normalized spacial score (nSPS) is 17.4. The second-order valence-electron chi connectivity index (χ2n) is 6.51. The first-order valence-corrected chi connectivity index (χ1v) is 8.24. The number of fused-ring (bicyclic) bond motifs is 1. The first-order valence-electron chi connectivity index (χ1n) is 8.24. The minimum absolute atomic E-state index is 0.405. The lowest BCUT2D eigenvalue weighted by molar-refractivity contribution is 0.552. The van der Waals surface area contributed by atoms with E-state index in [0.29, 0.717) is 12.0 Å². The zero-order valence-corrected chi connectivity index (χ0v) is 13.6. The molecule has 0 bridgehead atoms. The Morgan fingerprint density at radius 3 is 2.50 bits per heavy atom. The molecule has 0 saturated heterocycles. The van der Waals surface area contributed by atoms with Gasteiger partial charge in [-0.3, -0.25) is 0 Å². The second-order valence-corrected chi connectivity index (χ2v) is 6.51. The van der Waals surface area contributed by atoms with Crippen LogP contribution >= 0.6 is 0 Å². The standard InChI is InChI=1S/C21H25N/c1-16(2)17(3)15-21-20-12-8-7-9-18(20)13-14-22(21)19-10-5-4-6-11-19/h4-12,16,21H,3,13-15H2,1-2H3. The van der Waals surface area contributed by atoms with Crippen molar-refractivity contribution >= 4 is 5.69 Å². The van der Waals surface area contributed by atoms with Gasteiger partial charge in [-0.2, -0.15) is 0 Å². The molecule has 0 aliphatic carbocycles. The van der Waals surface area contributed by atoms with Gasteiger partial charge in [0.15, 0.2) is 0 Å². The van der Waals surface area contributed by atoms with Crippen LogP contribution in [0.2, 0.25) is 0 Å². The quantitative estimate of drug-likeness (QED) is 0.682. The lowest BCUT2D eigenvalue weighted by Crippen LogP contribution is -2.36. The van der Waals surface area contributed by atoms with Crippen molar-refractivity contribution in [2.24, 2.45) is 5.92 Å². The molecule has 1 atom stereocenters. The predicted molar refractivity (Wildman–Crippen MR) is 95.3 cm³/mol. The van der Waals surface area contributed by atoms with Gasteiger partial charge in [0.2, 0.25) is 0 Å². The fourth-order valence-corrected chi connectivity index (χ4v) is 3.28. The van der Waals surface area contributed by atoms with E-state index in [-0.39, 0.29) is 0 Å². The smallest absolute Gasteiger partial charge is 0.0582 e. The zero-order valence-electron chi connectivity index (χ0n) is 13.6. The molecule has 0 saturated carbocycles. The van der Waals surface area contributed by atoms with Crippen molar-refractivity contribution in [3.63, 3.8) is 0 Å². The van der Waals surface area contributed by atoms with E-state index in [1.54, 1.807) is 0 Å². The molecule has 0 amide bonds. The Hall–Kier alpha value is -2.02. The van der Waals surface area contributed by atoms with E-state index in [2.05, 4.69) is 79.9 Å². The molecule has 1 aliphatic heterocycles. The van der Waals surface area contributed by atoms with Gasteiger partial charge < -0.3 is 4.90 Å². The third-order valence-electron chi connectivity index (χ3n) is 4.77. The molecule has 114 valence electrons. The fourth-order valence-electron chi connectivity index (χ4n) is 3.28. The topological polar surface area (TPSA) is 3.24 Å². The van der Waals surface area contributed by atoms with Crippen LogP contribution in [-0.4, -0.2) is 6.54 Å². The molecule has 1 heterocycles. The Morgan fingerprint density at radius 1 is 1.09 bits per heavy atom. The average molecular weight is 291 g/mol. The summed E-state index contributed by atoms with van der Waals surface area (Å²) in [4.78, 5) is 2.55. The van der Waals surface area contributed by atoms with Crippen molar-refractivity contribution in [1.29, 1.82) is 0 Å². The summed E-state index contributed by atoms with van der Waals surface area (Å²) in [5.41, 5.74) is 5.62. The third kappa shape index (κ3) is 2.94. The van der Waals surface area contributed by atoms with Crippen molar-refractivity contribution in [2.45, 2.75) is 32.7 Å². The second kappa shape index (κ2) is 6.39. The lowest BCUT2D eigenvalue weighted by Gasteiger charge is -2.40. The first-order chi connectivity index (χ1) is 10.7. The highest BCUT2D eigenvalue weighted by atomic mass is 15.2. The fraction of sp³-hybridized carbons (Fsp3) is 0.333. The van der Waals surface area contributed by atoms with E-state index >= 15 is 0 Å². The van der Waals surface area contributed by atoms with Crippen molar-refractivity contribution in [3.05, 3.63) is 77.9 Å². The number of hydrogen-bond acceptors (Lipinski definition) is 1. The molecule has 2 aromatic carbocycles. The maximum atomic E-state index is 4.32. The van der Waals surface area contributed by atoms with Gasteiger partial charge >= 0.3 is 0 Å². The summed E-state index contributed by atoms with van der Waals surface area (Å²) in [5, 5.41) is 0. The van der Waals surface area contributed by atoms with E-state index in [1.165, 1.54) is 22.4 Å². The third-order valence-corrected chi connectivity index (χ3v) is 4.77. The van der Waals surface area contributed by atoms with Gasteiger partial charge in [-0.05, 0) is 42.0 Å². The van der Waals surface area contributed by atoms with Crippen LogP contribution < -0.4 is 4.90 Å². The molecule has 0 N–H and O–H groups in total. The Kier molecular flexibility index (Phi) is 4.33. The molecular weight excluding hydrogens is 266 g/mol. The van der Waals surface area contributed by atoms with Crippen LogP contribution in [0.5, 0.6) is 0 Å². The molecule has 1 unspecified atom stereocenters. The molecule has 1 aliphatic rings. The number of para-hydroxylation sites is 1. The molecule has 0 aromatic heterocycles. The first kappa shape index (κ1) is 14.9. The summed E-state index contributed by atoms with van der Waals surface area (Å²) in [7, 11) is 0. The number of nitrogens with zero attached hydrogens (tertiary/aromatic N) is 1. The van der Waals surface area contributed by atoms with E-state index in [0.717, 1.165) is 19.4 Å². The van der Waals surface area contributed by atoms with Crippen LogP contribution in [0.3, 0.4) is 0 Å². The number of benzene rings is 2. The summed E-state index contributed by atoms with van der Waals surface area (Å²) in [6, 6.07) is 20.1. The summed E-state index contributed by atoms with van der Waals surface area (Å²) in [6.45, 7) is 9.88. The van der Waals surface area contributed by atoms with Gasteiger partial charge in [-0.15, -0.1) is 0 Å². The molecule has 1 heteroatoms. The van der Waals surface area contributed by atoms with Crippen LogP contribution in [0.4, 0.5) is 5.69 Å². The van der Waals surface area contributed by atoms with Gasteiger partial charge in [-0.25, -0.2) is 0 Å². The highest BCUT2D eigenvalue weighted by Gasteiger charge is 2.28. The molecule has 22 heavy (non-hydrogen) atoms. The van der Waals surface area contributed by atoms with E-state index < -0.39 is 0 Å². The Balaban J connectivity index is 1.98. The van der Waals surface area contributed by atoms with Crippen LogP contribution in [0.25, 0.3) is 0 Å². The summed E-state index contributed by atoms with van der Waals surface area (Å²) >= 11 is 0. The molecule has 2 aromatic rings. The summed E-state index contributed by atoms with van der Waals surface area (Å²) < 4.78 is 0. The Morgan fingerprint density at radius 2 is 1.77 bits per heavy atom. The van der Waals surface area contributed by atoms with Crippen LogP contribution in [-0.2, 0) is 6.42 Å². The SMILES string of the molecule is C=C(CC1c2ccccc2CCN1c1ccccc1)C(C)C. The highest BCUT2D eigenvalue weighted by Crippen LogP contribution is 2.38. The predicted octanol–water partition coefficient (Wildman–Crippen LogP) is 5.39. The van der Waals surface area contributed by atoms with E-state index in [4.69, 9.17) is 0 Å². The monoisotopic (exact) mass is 291 g/mol. The highest BCUT2D eigenvalue weighted by molar-refractivity contribution is 5.52. The molecule has 0 spiro atoms. The largest absolute Gasteiger partial charge is 0.364 e. The minimum atomic E-state index is 0.405. The van der Waals surface area contributed by atoms with Crippen LogP contribution in [0.15, 0.2) is 66.7 Å². The van der Waals surface area contributed by atoms with E-state index in [9.17, 15) is 0 Å². The van der Waals surface area contributed by atoms with Crippen molar-refractivity contribution in [2.75, 3.05) is 11.4 Å². The van der Waals surface area contributed by atoms with Crippen LogP contribution in [0, 0.1) is 5.92 Å². The average Bonchev–Trinajstić information content (AvgIpc) is 2.55. The maximum absolute atomic E-state index is 4.32. The van der Waals surface area contributed by atoms with Gasteiger partial charge in [0.25, 0.3) is 0 Å². The van der Waals surface area contributed by atoms with E-state index in [1.807, 2.05) is 0 Å². The molecular formula is C21H25N. The van der Waals surface area contributed by atoms with Crippen LogP contribution in [0.1, 0.15) is 37.4 Å². The van der Waals surface area contributed by atoms with Crippen molar-refractivity contribution in [1.82, 2.24) is 0 Å². The maximum Gasteiger partial charge on any atom is 0.0582 e. The molecule has 0 radical (unpaired) electrons. The van der Waals surface area contributed by atoms with Crippen molar-refractivity contribution < 1.29 is 0 Å².